The minimum atomic E-state index is 0.123. The van der Waals surface area contributed by atoms with Crippen molar-refractivity contribution in [1.82, 2.24) is 19.9 Å². The lowest BCUT2D eigenvalue weighted by molar-refractivity contribution is 0.402. The number of pyridine rings is 1. The van der Waals surface area contributed by atoms with Crippen molar-refractivity contribution in [1.29, 1.82) is 5.26 Å². The van der Waals surface area contributed by atoms with Gasteiger partial charge in [0.1, 0.15) is 6.07 Å². The molecule has 3 heterocycles. The molecular formula is C22H21N7. The fourth-order valence-corrected chi connectivity index (χ4v) is 4.20. The quantitative estimate of drug-likeness (QED) is 0.496. The first kappa shape index (κ1) is 17.6. The Bertz CT molecular complexity index is 1240. The summed E-state index contributed by atoms with van der Waals surface area (Å²) < 4.78 is 0. The molecule has 1 aliphatic rings. The molecule has 3 aromatic heterocycles. The summed E-state index contributed by atoms with van der Waals surface area (Å²) in [5, 5.41) is 14.7. The van der Waals surface area contributed by atoms with Crippen LogP contribution >= 0.6 is 0 Å². The van der Waals surface area contributed by atoms with Gasteiger partial charge in [-0.3, -0.25) is 4.98 Å². The Balaban J connectivity index is 1.61. The smallest absolute Gasteiger partial charge is 0.223 e. The molecule has 29 heavy (non-hydrogen) atoms. The number of nitriles is 1. The first-order valence-corrected chi connectivity index (χ1v) is 9.88. The number of hydrogen-bond acceptors (Lipinski definition) is 6. The third-order valence-corrected chi connectivity index (χ3v) is 5.75. The zero-order chi connectivity index (χ0) is 19.8. The number of benzene rings is 1. The molecule has 4 aromatic rings. The second kappa shape index (κ2) is 7.15. The number of H-pyrrole nitrogens is 1. The Labute approximate surface area is 168 Å². The first-order chi connectivity index (χ1) is 14.2. The lowest BCUT2D eigenvalue weighted by Crippen LogP contribution is -2.42. The minimum absolute atomic E-state index is 0.123. The largest absolute Gasteiger partial charge is 0.359 e. The minimum Gasteiger partial charge on any atom is -0.359 e. The van der Waals surface area contributed by atoms with E-state index in [2.05, 4.69) is 26.3 Å². The standard InChI is InChI=1S/C22H21N7/c23-8-13-4-3-5-15-16(12-26-20(13)15)17-11-25-9-14-10-27-22(29-21(14)17)28-19-7-2-1-6-18(19)24/h3-5,9-12,18-19,26H,1-2,6-7,24H2,(H,27,28,29)/t18-,19+/m0/s1. The summed E-state index contributed by atoms with van der Waals surface area (Å²) in [6, 6.07) is 8.25. The van der Waals surface area contributed by atoms with Gasteiger partial charge in [-0.1, -0.05) is 25.0 Å². The van der Waals surface area contributed by atoms with Crippen molar-refractivity contribution in [2.45, 2.75) is 37.8 Å². The molecule has 1 aliphatic carbocycles. The van der Waals surface area contributed by atoms with Gasteiger partial charge in [0.15, 0.2) is 0 Å². The highest BCUT2D eigenvalue weighted by molar-refractivity contribution is 6.04. The Kier molecular flexibility index (Phi) is 4.34. The maximum Gasteiger partial charge on any atom is 0.223 e. The molecule has 0 spiro atoms. The maximum atomic E-state index is 9.38. The number of anilines is 1. The van der Waals surface area contributed by atoms with E-state index in [0.717, 1.165) is 45.8 Å². The number of nitrogens with one attached hydrogen (secondary N) is 2. The fourth-order valence-electron chi connectivity index (χ4n) is 4.20. The summed E-state index contributed by atoms with van der Waals surface area (Å²) in [6.45, 7) is 0. The van der Waals surface area contributed by atoms with E-state index >= 15 is 0 Å². The van der Waals surface area contributed by atoms with Crippen LogP contribution in [0, 0.1) is 11.3 Å². The lowest BCUT2D eigenvalue weighted by Gasteiger charge is -2.29. The second-order valence-electron chi connectivity index (χ2n) is 7.56. The topological polar surface area (TPSA) is 116 Å². The number of aromatic nitrogens is 4. The summed E-state index contributed by atoms with van der Waals surface area (Å²) >= 11 is 0. The SMILES string of the molecule is N#Cc1cccc2c(-c3cncc4cnc(N[C@@H]5CCCC[C@@H]5N)nc34)c[nH]c12. The monoisotopic (exact) mass is 383 g/mol. The summed E-state index contributed by atoms with van der Waals surface area (Å²) in [4.78, 5) is 16.9. The van der Waals surface area contributed by atoms with Crippen molar-refractivity contribution >= 4 is 27.8 Å². The van der Waals surface area contributed by atoms with E-state index < -0.39 is 0 Å². The summed E-state index contributed by atoms with van der Waals surface area (Å²) in [6.07, 6.45) is 11.7. The Hall–Kier alpha value is -3.50. The normalized spacial score (nSPS) is 19.3. The molecule has 4 N–H and O–H groups in total. The van der Waals surface area contributed by atoms with Crippen LogP contribution in [0.15, 0.2) is 43.0 Å². The fraction of sp³-hybridized carbons (Fsp3) is 0.273. The number of para-hydroxylation sites is 1. The average molecular weight is 383 g/mol. The zero-order valence-electron chi connectivity index (χ0n) is 15.9. The highest BCUT2D eigenvalue weighted by Gasteiger charge is 2.22. The van der Waals surface area contributed by atoms with E-state index in [1.54, 1.807) is 12.4 Å². The van der Waals surface area contributed by atoms with E-state index in [-0.39, 0.29) is 12.1 Å². The maximum absolute atomic E-state index is 9.38. The van der Waals surface area contributed by atoms with E-state index in [0.29, 0.717) is 11.5 Å². The van der Waals surface area contributed by atoms with Gasteiger partial charge in [0.25, 0.3) is 0 Å². The Morgan fingerprint density at radius 2 is 2.03 bits per heavy atom. The van der Waals surface area contributed by atoms with Gasteiger partial charge in [0, 0.05) is 58.8 Å². The molecule has 2 atom stereocenters. The third kappa shape index (κ3) is 3.08. The third-order valence-electron chi connectivity index (χ3n) is 5.75. The van der Waals surface area contributed by atoms with Crippen LogP contribution < -0.4 is 11.1 Å². The van der Waals surface area contributed by atoms with Crippen LogP contribution in [-0.2, 0) is 0 Å². The highest BCUT2D eigenvalue weighted by Crippen LogP contribution is 2.33. The molecule has 7 nitrogen and oxygen atoms in total. The van der Waals surface area contributed by atoms with Crippen LogP contribution in [0.2, 0.25) is 0 Å². The first-order valence-electron chi connectivity index (χ1n) is 9.88. The Morgan fingerprint density at radius 3 is 2.90 bits per heavy atom. The molecule has 5 rings (SSSR count). The number of rotatable bonds is 3. The van der Waals surface area contributed by atoms with Gasteiger partial charge in [-0.05, 0) is 18.9 Å². The molecule has 0 aliphatic heterocycles. The number of fused-ring (bicyclic) bond motifs is 2. The molecule has 0 radical (unpaired) electrons. The number of nitrogens with two attached hydrogens (primary N) is 1. The van der Waals surface area contributed by atoms with Crippen LogP contribution in [0.25, 0.3) is 32.9 Å². The van der Waals surface area contributed by atoms with Crippen LogP contribution in [-0.4, -0.2) is 32.0 Å². The predicted octanol–water partition coefficient (Wildman–Crippen LogP) is 3.73. The molecule has 1 aromatic carbocycles. The molecule has 0 bridgehead atoms. The molecule has 7 heteroatoms. The molecule has 0 amide bonds. The highest BCUT2D eigenvalue weighted by atomic mass is 15.1. The van der Waals surface area contributed by atoms with Crippen molar-refractivity contribution in [3.63, 3.8) is 0 Å². The van der Waals surface area contributed by atoms with E-state index in [9.17, 15) is 5.26 Å². The second-order valence-corrected chi connectivity index (χ2v) is 7.56. The summed E-state index contributed by atoms with van der Waals surface area (Å²) in [5.74, 6) is 0.588. The van der Waals surface area contributed by atoms with Crippen molar-refractivity contribution < 1.29 is 0 Å². The lowest BCUT2D eigenvalue weighted by atomic mass is 9.91. The van der Waals surface area contributed by atoms with Gasteiger partial charge in [-0.2, -0.15) is 5.26 Å². The van der Waals surface area contributed by atoms with Crippen LogP contribution in [0.3, 0.4) is 0 Å². The van der Waals surface area contributed by atoms with Gasteiger partial charge in [-0.15, -0.1) is 0 Å². The molecule has 1 fully saturated rings. The number of aromatic amines is 1. The van der Waals surface area contributed by atoms with Crippen LogP contribution in [0.1, 0.15) is 31.2 Å². The van der Waals surface area contributed by atoms with Gasteiger partial charge in [0.2, 0.25) is 5.95 Å². The molecule has 0 unspecified atom stereocenters. The van der Waals surface area contributed by atoms with Gasteiger partial charge in [0.05, 0.1) is 16.6 Å². The molecular weight excluding hydrogens is 362 g/mol. The van der Waals surface area contributed by atoms with Gasteiger partial charge >= 0.3 is 0 Å². The molecule has 0 saturated heterocycles. The van der Waals surface area contributed by atoms with Crippen molar-refractivity contribution in [2.75, 3.05) is 5.32 Å². The molecule has 144 valence electrons. The van der Waals surface area contributed by atoms with Gasteiger partial charge in [-0.25, -0.2) is 9.97 Å². The van der Waals surface area contributed by atoms with E-state index in [1.807, 2.05) is 30.6 Å². The van der Waals surface area contributed by atoms with Crippen molar-refractivity contribution in [2.24, 2.45) is 5.73 Å². The van der Waals surface area contributed by atoms with E-state index in [4.69, 9.17) is 10.7 Å². The summed E-state index contributed by atoms with van der Waals surface area (Å²) in [5.41, 5.74) is 10.4. The predicted molar refractivity (Wildman–Crippen MR) is 113 cm³/mol. The number of hydrogen-bond donors (Lipinski definition) is 3. The van der Waals surface area contributed by atoms with Crippen LogP contribution in [0.4, 0.5) is 5.95 Å². The van der Waals surface area contributed by atoms with E-state index in [1.165, 1.54) is 12.8 Å². The van der Waals surface area contributed by atoms with Crippen molar-refractivity contribution in [3.05, 3.63) is 48.5 Å². The van der Waals surface area contributed by atoms with Gasteiger partial charge < -0.3 is 16.0 Å². The summed E-state index contributed by atoms with van der Waals surface area (Å²) in [7, 11) is 0. The average Bonchev–Trinajstić information content (AvgIpc) is 3.19. The van der Waals surface area contributed by atoms with Crippen LogP contribution in [0.5, 0.6) is 0 Å². The number of nitrogens with zero attached hydrogens (tertiary/aromatic N) is 4. The van der Waals surface area contributed by atoms with Crippen molar-refractivity contribution in [3.8, 4) is 17.2 Å². The Morgan fingerprint density at radius 1 is 1.14 bits per heavy atom. The molecule has 1 saturated carbocycles. The zero-order valence-corrected chi connectivity index (χ0v) is 15.9.